The van der Waals surface area contributed by atoms with E-state index in [1.54, 1.807) is 25.3 Å². The molecule has 6 rings (SSSR count). The Bertz CT molecular complexity index is 1850. The molecule has 3 aliphatic rings. The number of benzene rings is 1. The maximum atomic E-state index is 13.6. The summed E-state index contributed by atoms with van der Waals surface area (Å²) < 4.78 is 24.0. The number of aromatic nitrogens is 1. The first-order valence-corrected chi connectivity index (χ1v) is 15.3. The monoisotopic (exact) mass is 642 g/mol. The molecular weight excluding hydrogens is 608 g/mol. The topological polar surface area (TPSA) is 186 Å². The number of esters is 2. The van der Waals surface area contributed by atoms with Gasteiger partial charge in [-0.1, -0.05) is 6.92 Å². The van der Waals surface area contributed by atoms with Crippen LogP contribution in [0.4, 0.5) is 0 Å². The number of aliphatic hydroxyl groups excluding tert-OH is 1. The molecule has 2 aromatic heterocycles. The summed E-state index contributed by atoms with van der Waals surface area (Å²) in [6.45, 7) is 6.25. The summed E-state index contributed by atoms with van der Waals surface area (Å²) in [5.74, 6) is -4.18. The number of pyridine rings is 1. The van der Waals surface area contributed by atoms with Crippen molar-refractivity contribution in [3.05, 3.63) is 82.0 Å². The molecule has 47 heavy (non-hydrogen) atoms. The van der Waals surface area contributed by atoms with Crippen LogP contribution in [0.5, 0.6) is 5.75 Å². The van der Waals surface area contributed by atoms with E-state index in [1.807, 2.05) is 13.0 Å². The van der Waals surface area contributed by atoms with Gasteiger partial charge in [-0.25, -0.2) is 9.59 Å². The van der Waals surface area contributed by atoms with E-state index >= 15 is 0 Å². The summed E-state index contributed by atoms with van der Waals surface area (Å²) >= 11 is 0. The predicted octanol–water partition coefficient (Wildman–Crippen LogP) is 4.44. The molecule has 1 aliphatic heterocycles. The summed E-state index contributed by atoms with van der Waals surface area (Å²) in [5.41, 5.74) is -4.10. The first-order valence-electron chi connectivity index (χ1n) is 15.3. The number of hydrogen-bond acceptors (Lipinski definition) is 11. The van der Waals surface area contributed by atoms with Crippen LogP contribution in [-0.4, -0.2) is 50.9 Å². The number of carbonyl (C=O) groups excluding carboxylic acids is 2. The molecule has 2 fully saturated rings. The molecule has 0 bridgehead atoms. The summed E-state index contributed by atoms with van der Waals surface area (Å²) in [7, 11) is 0. The first-order chi connectivity index (χ1) is 22.2. The van der Waals surface area contributed by atoms with Crippen molar-refractivity contribution >= 4 is 17.9 Å². The van der Waals surface area contributed by atoms with Crippen molar-refractivity contribution in [3.8, 4) is 23.1 Å². The highest BCUT2D eigenvalue weighted by atomic mass is 16.6. The van der Waals surface area contributed by atoms with Crippen molar-refractivity contribution in [2.75, 3.05) is 0 Å². The Labute approximate surface area is 269 Å². The third-order valence-electron chi connectivity index (χ3n) is 10.7. The van der Waals surface area contributed by atoms with Crippen molar-refractivity contribution in [2.24, 2.45) is 22.7 Å². The Kier molecular flexibility index (Phi) is 7.71. The molecular formula is C35H34N2O10. The molecule has 2 aliphatic carbocycles. The lowest BCUT2D eigenvalue weighted by Gasteiger charge is -2.65. The lowest BCUT2D eigenvalue weighted by molar-refractivity contribution is -0.261. The third kappa shape index (κ3) is 4.97. The quantitative estimate of drug-likeness (QED) is 0.373. The number of ether oxygens (including phenoxy) is 3. The number of carbonyl (C=O) groups is 3. The second kappa shape index (κ2) is 11.3. The van der Waals surface area contributed by atoms with Gasteiger partial charge in [-0.05, 0) is 80.8 Å². The van der Waals surface area contributed by atoms with Gasteiger partial charge in [-0.3, -0.25) is 14.6 Å². The van der Waals surface area contributed by atoms with E-state index < -0.39 is 70.1 Å². The minimum atomic E-state index is -1.66. The molecule has 0 radical (unpaired) electrons. The highest BCUT2D eigenvalue weighted by Crippen LogP contribution is 2.67. The normalized spacial score (nSPS) is 32.3. The number of nitriles is 1. The van der Waals surface area contributed by atoms with E-state index in [0.29, 0.717) is 17.5 Å². The number of fused-ring (bicyclic) bond motifs is 4. The maximum absolute atomic E-state index is 13.6. The zero-order valence-electron chi connectivity index (χ0n) is 26.3. The standard InChI is InChI=1S/C35H34N2O10/c1-18(38)44-25-11-12-33(2)24(34(25,3)32(42)43)15-26(46-30(40)20-9-7-19(16-36)8-10-20)35(4)29(33)28(39)27-23(47-35)14-22(45-31(27)41)21-6-5-13-37-17-21/h5-10,13-14,17,24-26,28-29,39H,11-12,15H2,1-4H3,(H,42,43)/t24?,25-,26-,28-,29?,33-,34?,35+/m0/s1. The zero-order valence-corrected chi connectivity index (χ0v) is 26.3. The number of hydrogen-bond donors (Lipinski definition) is 2. The van der Waals surface area contributed by atoms with Gasteiger partial charge >= 0.3 is 23.5 Å². The molecule has 8 atom stereocenters. The fraction of sp³-hybridized carbons (Fsp3) is 0.429. The lowest BCUT2D eigenvalue weighted by atomic mass is 9.42. The summed E-state index contributed by atoms with van der Waals surface area (Å²) in [6, 6.07) is 12.7. The van der Waals surface area contributed by atoms with Crippen molar-refractivity contribution in [1.29, 1.82) is 5.26 Å². The Morgan fingerprint density at radius 2 is 1.81 bits per heavy atom. The van der Waals surface area contributed by atoms with Crippen LogP contribution in [0.1, 0.15) is 74.5 Å². The van der Waals surface area contributed by atoms with Gasteiger partial charge in [0.25, 0.3) is 0 Å². The number of rotatable bonds is 5. The average molecular weight is 643 g/mol. The predicted molar refractivity (Wildman–Crippen MR) is 163 cm³/mol. The van der Waals surface area contributed by atoms with E-state index in [2.05, 4.69) is 4.98 Å². The smallest absolute Gasteiger partial charge is 0.345 e. The number of carboxylic acid groups (broad SMARTS) is 1. The average Bonchev–Trinajstić information content (AvgIpc) is 3.03. The zero-order chi connectivity index (χ0) is 33.9. The van der Waals surface area contributed by atoms with Gasteiger partial charge in [0, 0.05) is 36.9 Å². The van der Waals surface area contributed by atoms with Gasteiger partial charge in [-0.2, -0.15) is 5.26 Å². The molecule has 0 saturated heterocycles. The molecule has 0 spiro atoms. The number of carboxylic acids is 1. The van der Waals surface area contributed by atoms with Gasteiger partial charge < -0.3 is 28.8 Å². The number of nitrogens with zero attached hydrogens (tertiary/aromatic N) is 2. The van der Waals surface area contributed by atoms with Crippen molar-refractivity contribution < 1.29 is 43.2 Å². The fourth-order valence-electron chi connectivity index (χ4n) is 8.42. The Morgan fingerprint density at radius 1 is 1.09 bits per heavy atom. The summed E-state index contributed by atoms with van der Waals surface area (Å²) in [6.07, 6.45) is -0.108. The van der Waals surface area contributed by atoms with Crippen molar-refractivity contribution in [1.82, 2.24) is 4.98 Å². The largest absolute Gasteiger partial charge is 0.482 e. The van der Waals surface area contributed by atoms with Crippen LogP contribution >= 0.6 is 0 Å². The van der Waals surface area contributed by atoms with E-state index in [9.17, 15) is 34.7 Å². The number of aliphatic hydroxyl groups is 1. The van der Waals surface area contributed by atoms with Crippen LogP contribution < -0.4 is 10.4 Å². The van der Waals surface area contributed by atoms with Gasteiger partial charge in [0.05, 0.1) is 23.3 Å². The molecule has 2 saturated carbocycles. The van der Waals surface area contributed by atoms with E-state index in [0.717, 1.165) is 0 Å². The SMILES string of the molecule is CC(=O)O[C@H]1CC[C@@]2(C)C(C[C@H](OC(=O)c3ccc(C#N)cc3)[C@@]3(C)Oc4cc(-c5cccnc5)oc(=O)c4[C@H](O)C23)C1(C)C(=O)O. The molecule has 244 valence electrons. The van der Waals surface area contributed by atoms with Crippen LogP contribution in [-0.2, 0) is 19.1 Å². The van der Waals surface area contributed by atoms with Crippen LogP contribution in [0.25, 0.3) is 11.3 Å². The Balaban J connectivity index is 1.51. The van der Waals surface area contributed by atoms with Gasteiger partial charge in [0.15, 0.2) is 0 Å². The van der Waals surface area contributed by atoms with Crippen LogP contribution in [0.3, 0.4) is 0 Å². The lowest BCUT2D eigenvalue weighted by Crippen LogP contribution is -2.71. The first kappa shape index (κ1) is 31.9. The summed E-state index contributed by atoms with van der Waals surface area (Å²) in [4.78, 5) is 56.5. The molecule has 2 N–H and O–H groups in total. The van der Waals surface area contributed by atoms with E-state index in [4.69, 9.17) is 18.6 Å². The highest BCUT2D eigenvalue weighted by Gasteiger charge is 2.72. The van der Waals surface area contributed by atoms with Crippen LogP contribution in [0.15, 0.2) is 64.1 Å². The molecule has 1 aromatic carbocycles. The minimum absolute atomic E-state index is 0.0228. The number of aliphatic carboxylic acids is 1. The molecule has 3 heterocycles. The van der Waals surface area contributed by atoms with Gasteiger partial charge in [0.1, 0.15) is 40.3 Å². The minimum Gasteiger partial charge on any atom is -0.482 e. The second-order valence-corrected chi connectivity index (χ2v) is 13.2. The molecule has 3 aromatic rings. The van der Waals surface area contributed by atoms with Crippen LogP contribution in [0.2, 0.25) is 0 Å². The Morgan fingerprint density at radius 3 is 2.43 bits per heavy atom. The van der Waals surface area contributed by atoms with E-state index in [1.165, 1.54) is 50.4 Å². The van der Waals surface area contributed by atoms with Crippen molar-refractivity contribution in [3.63, 3.8) is 0 Å². The fourth-order valence-corrected chi connectivity index (χ4v) is 8.42. The third-order valence-corrected chi connectivity index (χ3v) is 10.7. The molecule has 0 amide bonds. The molecule has 12 nitrogen and oxygen atoms in total. The molecule has 3 unspecified atom stereocenters. The van der Waals surface area contributed by atoms with Gasteiger partial charge in [-0.15, -0.1) is 0 Å². The summed E-state index contributed by atoms with van der Waals surface area (Å²) in [5, 5.41) is 32.1. The highest BCUT2D eigenvalue weighted by molar-refractivity contribution is 5.89. The van der Waals surface area contributed by atoms with Crippen LogP contribution in [0, 0.1) is 34.0 Å². The van der Waals surface area contributed by atoms with Gasteiger partial charge in [0.2, 0.25) is 0 Å². The van der Waals surface area contributed by atoms with Crippen molar-refractivity contribution in [2.45, 2.75) is 70.9 Å². The van der Waals surface area contributed by atoms with E-state index in [-0.39, 0.29) is 35.5 Å². The Hall–Kier alpha value is -5.02. The molecule has 12 heteroatoms. The maximum Gasteiger partial charge on any atom is 0.345 e. The second-order valence-electron chi connectivity index (χ2n) is 13.2.